The van der Waals surface area contributed by atoms with Gasteiger partial charge in [-0.15, -0.1) is 5.92 Å². The largest absolute Gasteiger partial charge is 0.101 e. The number of hydrogen-bond acceptors (Lipinski definition) is 0. The highest BCUT2D eigenvalue weighted by atomic mass is 14.3. The van der Waals surface area contributed by atoms with Crippen molar-refractivity contribution >= 4 is 28.9 Å². The van der Waals surface area contributed by atoms with Gasteiger partial charge in [0.05, 0.1) is 0 Å². The lowest BCUT2D eigenvalue weighted by Crippen LogP contribution is -1.88. The van der Waals surface area contributed by atoms with Gasteiger partial charge in [0, 0.05) is 5.56 Å². The summed E-state index contributed by atoms with van der Waals surface area (Å²) in [4.78, 5) is 0. The summed E-state index contributed by atoms with van der Waals surface area (Å²) in [5.41, 5.74) is 19.7. The van der Waals surface area contributed by atoms with Crippen molar-refractivity contribution in [2.45, 2.75) is 40.0 Å². The Kier molecular flexibility index (Phi) is 10.7. The van der Waals surface area contributed by atoms with E-state index in [1.165, 1.54) is 77.9 Å². The van der Waals surface area contributed by atoms with E-state index in [-0.39, 0.29) is 0 Å². The summed E-state index contributed by atoms with van der Waals surface area (Å²) in [6, 6.07) is 54.2. The minimum absolute atomic E-state index is 0.976. The molecule has 0 saturated heterocycles. The molecule has 9 rings (SSSR count). The summed E-state index contributed by atoms with van der Waals surface area (Å²) in [5, 5.41) is 0. The third-order valence-electron chi connectivity index (χ3n) is 9.71. The number of hydrogen-bond donors (Lipinski definition) is 0. The zero-order valence-corrected chi connectivity index (χ0v) is 30.4. The number of rotatable bonds is 4. The molecule has 6 aromatic carbocycles. The van der Waals surface area contributed by atoms with Gasteiger partial charge in [0.15, 0.2) is 0 Å². The van der Waals surface area contributed by atoms with E-state index in [0.29, 0.717) is 0 Å². The Morgan fingerprint density at radius 2 is 0.885 bits per heavy atom. The molecule has 0 N–H and O–H groups in total. The van der Waals surface area contributed by atoms with Crippen LogP contribution in [0.2, 0.25) is 0 Å². The molecular formula is C52H44. The van der Waals surface area contributed by atoms with E-state index in [0.717, 1.165) is 24.8 Å². The Bertz CT molecular complexity index is 2320. The van der Waals surface area contributed by atoms with E-state index in [4.69, 9.17) is 0 Å². The Morgan fingerprint density at radius 3 is 1.46 bits per heavy atom. The molecule has 0 heterocycles. The summed E-state index contributed by atoms with van der Waals surface area (Å²) in [6.07, 6.45) is 12.6. The number of fused-ring (bicyclic) bond motifs is 6. The molecule has 0 amide bonds. The molecule has 0 bridgehead atoms. The summed E-state index contributed by atoms with van der Waals surface area (Å²) >= 11 is 0. The molecule has 0 atom stereocenters. The van der Waals surface area contributed by atoms with E-state index < -0.39 is 0 Å². The maximum atomic E-state index is 3.10. The highest BCUT2D eigenvalue weighted by molar-refractivity contribution is 6.12. The van der Waals surface area contributed by atoms with Gasteiger partial charge >= 0.3 is 0 Å². The second-order valence-electron chi connectivity index (χ2n) is 13.0. The third kappa shape index (κ3) is 7.32. The summed E-state index contributed by atoms with van der Waals surface area (Å²) < 4.78 is 0. The molecule has 3 aliphatic carbocycles. The van der Waals surface area contributed by atoms with Crippen molar-refractivity contribution in [1.82, 2.24) is 0 Å². The molecule has 0 nitrogen and oxygen atoms in total. The van der Waals surface area contributed by atoms with Crippen LogP contribution in [0.1, 0.15) is 83.7 Å². The van der Waals surface area contributed by atoms with Crippen LogP contribution in [0.15, 0.2) is 169 Å². The second kappa shape index (κ2) is 16.2. The lowest BCUT2D eigenvalue weighted by atomic mass is 9.95. The predicted molar refractivity (Wildman–Crippen MR) is 224 cm³/mol. The molecule has 6 aromatic rings. The fourth-order valence-electron chi connectivity index (χ4n) is 7.35. The van der Waals surface area contributed by atoms with Crippen LogP contribution < -0.4 is 0 Å². The van der Waals surface area contributed by atoms with Gasteiger partial charge in [0.1, 0.15) is 0 Å². The van der Waals surface area contributed by atoms with Gasteiger partial charge in [0.2, 0.25) is 0 Å². The van der Waals surface area contributed by atoms with Gasteiger partial charge in [-0.2, -0.15) is 0 Å². The molecule has 0 heteroatoms. The number of allylic oxidation sites excluding steroid dienone is 5. The fraction of sp³-hybridized carbons (Fsp3) is 0.115. The van der Waals surface area contributed by atoms with Crippen LogP contribution in [0, 0.1) is 11.8 Å². The Hall–Kier alpha value is -6.16. The van der Waals surface area contributed by atoms with Crippen molar-refractivity contribution in [3.63, 3.8) is 0 Å². The maximum Gasteiger partial charge on any atom is 0.0245 e. The van der Waals surface area contributed by atoms with Crippen molar-refractivity contribution in [2.75, 3.05) is 0 Å². The van der Waals surface area contributed by atoms with Crippen LogP contribution in [-0.4, -0.2) is 0 Å². The smallest absolute Gasteiger partial charge is 0.0245 e. The first-order valence-electron chi connectivity index (χ1n) is 18.5. The second-order valence-corrected chi connectivity index (χ2v) is 13.0. The first-order chi connectivity index (χ1) is 25.7. The van der Waals surface area contributed by atoms with Crippen LogP contribution >= 0.6 is 0 Å². The Morgan fingerprint density at radius 1 is 0.442 bits per heavy atom. The fourth-order valence-corrected chi connectivity index (χ4v) is 7.35. The number of benzene rings is 6. The molecule has 0 fully saturated rings. The van der Waals surface area contributed by atoms with Crippen LogP contribution in [0.4, 0.5) is 0 Å². The third-order valence-corrected chi connectivity index (χ3v) is 9.71. The standard InChI is InChI=1S/C27H20.C23H18.C2H6/c1-2-8-20(9-3-1)18-21-14-16-22(17-15-21)19-27-25-12-6-4-10-23(25)24-11-5-7-13-26(24)27;1-2-7-17-12-14-18(15-13-17)16-23-21-10-5-3-8-19(21)20-9-4-6-11-22(20)23;1-2/h1-17,19H,18H2;3,5,8-16H,4,6H2,1H3;1-2H3/b;23-16-;. The first kappa shape index (κ1) is 34.3. The quantitative estimate of drug-likeness (QED) is 0.164. The average Bonchev–Trinajstić information content (AvgIpc) is 3.70. The van der Waals surface area contributed by atoms with Gasteiger partial charge < -0.3 is 0 Å². The van der Waals surface area contributed by atoms with E-state index in [1.54, 1.807) is 0 Å². The summed E-state index contributed by atoms with van der Waals surface area (Å²) in [5.74, 6) is 6.04. The lowest BCUT2D eigenvalue weighted by Gasteiger charge is -2.09. The van der Waals surface area contributed by atoms with Crippen molar-refractivity contribution < 1.29 is 0 Å². The summed E-state index contributed by atoms with van der Waals surface area (Å²) in [6.45, 7) is 5.87. The van der Waals surface area contributed by atoms with E-state index in [9.17, 15) is 0 Å². The monoisotopic (exact) mass is 668 g/mol. The topological polar surface area (TPSA) is 0 Å². The first-order valence-corrected chi connectivity index (χ1v) is 18.5. The van der Waals surface area contributed by atoms with E-state index >= 15 is 0 Å². The van der Waals surface area contributed by atoms with Crippen LogP contribution in [0.3, 0.4) is 0 Å². The maximum absolute atomic E-state index is 3.10. The van der Waals surface area contributed by atoms with Crippen molar-refractivity contribution in [1.29, 1.82) is 0 Å². The lowest BCUT2D eigenvalue weighted by molar-refractivity contribution is 1.03. The van der Waals surface area contributed by atoms with Gasteiger partial charge in [-0.25, -0.2) is 0 Å². The van der Waals surface area contributed by atoms with Gasteiger partial charge in [-0.1, -0.05) is 171 Å². The van der Waals surface area contributed by atoms with Crippen LogP contribution in [0.25, 0.3) is 40.0 Å². The van der Waals surface area contributed by atoms with Crippen molar-refractivity contribution in [3.8, 4) is 23.0 Å². The summed E-state index contributed by atoms with van der Waals surface area (Å²) in [7, 11) is 0. The zero-order valence-electron chi connectivity index (χ0n) is 30.4. The SMILES string of the molecule is C(=C1c2ccccc2-c2ccccc21)c1ccc(Cc2ccccc2)cc1.CC.CC#Cc1ccc(/C=C2\C3=CCCC=C3c3ccccc32)cc1. The molecular weight excluding hydrogens is 625 g/mol. The van der Waals surface area contributed by atoms with E-state index in [2.05, 4.69) is 188 Å². The van der Waals surface area contributed by atoms with E-state index in [1.807, 2.05) is 20.8 Å². The molecule has 0 aromatic heterocycles. The molecule has 0 unspecified atom stereocenters. The minimum Gasteiger partial charge on any atom is -0.101 e. The average molecular weight is 669 g/mol. The Labute approximate surface area is 310 Å². The molecule has 0 aliphatic heterocycles. The Balaban J connectivity index is 0.000000156. The molecule has 3 aliphatic rings. The molecule has 0 radical (unpaired) electrons. The highest BCUT2D eigenvalue weighted by Crippen LogP contribution is 2.48. The molecule has 0 saturated carbocycles. The van der Waals surface area contributed by atoms with Crippen molar-refractivity contribution in [3.05, 3.63) is 219 Å². The van der Waals surface area contributed by atoms with Gasteiger partial charge in [-0.05, 0) is 128 Å². The van der Waals surface area contributed by atoms with Crippen molar-refractivity contribution in [2.24, 2.45) is 0 Å². The van der Waals surface area contributed by atoms with Gasteiger partial charge in [0.25, 0.3) is 0 Å². The highest BCUT2D eigenvalue weighted by Gasteiger charge is 2.26. The van der Waals surface area contributed by atoms with Crippen LogP contribution in [-0.2, 0) is 6.42 Å². The predicted octanol–water partition coefficient (Wildman–Crippen LogP) is 13.6. The zero-order chi connectivity index (χ0) is 35.7. The minimum atomic E-state index is 0.976. The normalized spacial score (nSPS) is 13.7. The van der Waals surface area contributed by atoms with Crippen LogP contribution in [0.5, 0.6) is 0 Å². The molecule has 252 valence electrons. The molecule has 52 heavy (non-hydrogen) atoms. The molecule has 0 spiro atoms. The van der Waals surface area contributed by atoms with Gasteiger partial charge in [-0.3, -0.25) is 0 Å².